The van der Waals surface area contributed by atoms with Crippen LogP contribution in [0.25, 0.3) is 11.0 Å². The summed E-state index contributed by atoms with van der Waals surface area (Å²) in [5.41, 5.74) is 2.98. The topological polar surface area (TPSA) is 61.9 Å². The van der Waals surface area contributed by atoms with E-state index in [4.69, 9.17) is 5.26 Å². The molecule has 0 saturated carbocycles. The summed E-state index contributed by atoms with van der Waals surface area (Å²) in [6.07, 6.45) is 1.68. The maximum Gasteiger partial charge on any atom is 0.236 e. The zero-order chi connectivity index (χ0) is 13.1. The summed E-state index contributed by atoms with van der Waals surface area (Å²) in [4.78, 5) is 17.3. The molecule has 0 unspecified atom stereocenters. The number of aromatic nitrogens is 2. The minimum atomic E-state index is -0.168. The Morgan fingerprint density at radius 3 is 3.06 bits per heavy atom. The van der Waals surface area contributed by atoms with Crippen LogP contribution >= 0.6 is 0 Å². The average molecular weight is 242 g/mol. The van der Waals surface area contributed by atoms with E-state index in [1.54, 1.807) is 18.3 Å². The van der Waals surface area contributed by atoms with Crippen molar-refractivity contribution in [1.82, 2.24) is 14.5 Å². The fourth-order valence-electron chi connectivity index (χ4n) is 1.84. The number of nitrogens with zero attached hydrogens (tertiary/aromatic N) is 4. The van der Waals surface area contributed by atoms with Gasteiger partial charge in [0.2, 0.25) is 5.91 Å². The van der Waals surface area contributed by atoms with Crippen molar-refractivity contribution in [2.75, 3.05) is 7.05 Å². The molecule has 2 aromatic rings. The second kappa shape index (κ2) is 4.88. The molecule has 0 radical (unpaired) electrons. The molecule has 1 amide bonds. The number of hydrogen-bond donors (Lipinski definition) is 0. The van der Waals surface area contributed by atoms with Crippen molar-refractivity contribution < 1.29 is 4.79 Å². The second-order valence-electron chi connectivity index (χ2n) is 4.26. The van der Waals surface area contributed by atoms with Crippen molar-refractivity contribution in [3.63, 3.8) is 0 Å². The summed E-state index contributed by atoms with van der Waals surface area (Å²) < 4.78 is 1.95. The molecule has 0 spiro atoms. The van der Waals surface area contributed by atoms with Crippen LogP contribution in [0.1, 0.15) is 12.0 Å². The van der Waals surface area contributed by atoms with Crippen LogP contribution in [0.15, 0.2) is 24.5 Å². The first-order valence-corrected chi connectivity index (χ1v) is 5.62. The molecule has 0 N–H and O–H groups in total. The second-order valence-corrected chi connectivity index (χ2v) is 4.26. The molecule has 0 saturated heterocycles. The van der Waals surface area contributed by atoms with Crippen LogP contribution in [-0.4, -0.2) is 27.4 Å². The van der Waals surface area contributed by atoms with E-state index in [1.807, 2.05) is 35.9 Å². The summed E-state index contributed by atoms with van der Waals surface area (Å²) in [6, 6.07) is 7.78. The van der Waals surface area contributed by atoms with Crippen LogP contribution in [0.5, 0.6) is 0 Å². The summed E-state index contributed by atoms with van der Waals surface area (Å²) in [7, 11) is 3.64. The number of rotatable bonds is 3. The van der Waals surface area contributed by atoms with Gasteiger partial charge in [0.25, 0.3) is 0 Å². The fourth-order valence-corrected chi connectivity index (χ4v) is 1.84. The molecule has 0 fully saturated rings. The Balaban J connectivity index is 2.17. The Hall–Kier alpha value is -2.35. The molecule has 92 valence electrons. The number of aryl methyl sites for hydroxylation is 1. The quantitative estimate of drug-likeness (QED) is 0.818. The van der Waals surface area contributed by atoms with Gasteiger partial charge in [-0.05, 0) is 17.7 Å². The first kappa shape index (κ1) is 12.1. The third kappa shape index (κ3) is 2.33. The van der Waals surface area contributed by atoms with Crippen LogP contribution < -0.4 is 0 Å². The van der Waals surface area contributed by atoms with Crippen molar-refractivity contribution >= 4 is 16.9 Å². The molecule has 0 aliphatic carbocycles. The Morgan fingerprint density at radius 2 is 2.33 bits per heavy atom. The number of amides is 1. The molecule has 2 rings (SSSR count). The highest BCUT2D eigenvalue weighted by Crippen LogP contribution is 2.15. The van der Waals surface area contributed by atoms with E-state index in [9.17, 15) is 4.79 Å². The van der Waals surface area contributed by atoms with Gasteiger partial charge in [-0.1, -0.05) is 6.07 Å². The van der Waals surface area contributed by atoms with Gasteiger partial charge < -0.3 is 9.47 Å². The summed E-state index contributed by atoms with van der Waals surface area (Å²) in [5, 5.41) is 8.49. The summed E-state index contributed by atoms with van der Waals surface area (Å²) in [6.45, 7) is 0.493. The molecule has 0 aliphatic heterocycles. The molecule has 0 bridgehead atoms. The maximum atomic E-state index is 11.5. The van der Waals surface area contributed by atoms with E-state index in [2.05, 4.69) is 4.98 Å². The zero-order valence-electron chi connectivity index (χ0n) is 10.4. The van der Waals surface area contributed by atoms with Crippen molar-refractivity contribution in [1.29, 1.82) is 5.26 Å². The van der Waals surface area contributed by atoms with Gasteiger partial charge in [-0.2, -0.15) is 5.26 Å². The van der Waals surface area contributed by atoms with E-state index in [0.29, 0.717) is 6.54 Å². The zero-order valence-corrected chi connectivity index (χ0v) is 10.4. The lowest BCUT2D eigenvalue weighted by molar-refractivity contribution is -0.129. The maximum absolute atomic E-state index is 11.5. The van der Waals surface area contributed by atoms with Gasteiger partial charge in [-0.15, -0.1) is 0 Å². The van der Waals surface area contributed by atoms with Gasteiger partial charge in [-0.3, -0.25) is 4.79 Å². The fraction of sp³-hybridized carbons (Fsp3) is 0.308. The Bertz CT molecular complexity index is 623. The average Bonchev–Trinajstić information content (AvgIpc) is 2.71. The molecular formula is C13H14N4O. The van der Waals surface area contributed by atoms with Gasteiger partial charge in [0.05, 0.1) is 23.4 Å². The van der Waals surface area contributed by atoms with Gasteiger partial charge in [0.1, 0.15) is 6.42 Å². The molecule has 1 heterocycles. The summed E-state index contributed by atoms with van der Waals surface area (Å²) >= 11 is 0. The van der Waals surface area contributed by atoms with Crippen LogP contribution in [0.3, 0.4) is 0 Å². The van der Waals surface area contributed by atoms with E-state index >= 15 is 0 Å². The number of hydrogen-bond acceptors (Lipinski definition) is 3. The van der Waals surface area contributed by atoms with E-state index in [-0.39, 0.29) is 12.3 Å². The predicted octanol–water partition coefficient (Wildman–Crippen LogP) is 1.45. The van der Waals surface area contributed by atoms with Gasteiger partial charge in [0.15, 0.2) is 0 Å². The van der Waals surface area contributed by atoms with Gasteiger partial charge in [0, 0.05) is 20.6 Å². The lowest BCUT2D eigenvalue weighted by atomic mass is 10.2. The molecule has 1 aromatic carbocycles. The third-order valence-electron chi connectivity index (χ3n) is 2.87. The third-order valence-corrected chi connectivity index (χ3v) is 2.87. The molecule has 0 aliphatic rings. The van der Waals surface area contributed by atoms with Crippen molar-refractivity contribution in [3.8, 4) is 6.07 Å². The molecule has 18 heavy (non-hydrogen) atoms. The highest BCUT2D eigenvalue weighted by Gasteiger charge is 2.09. The first-order valence-electron chi connectivity index (χ1n) is 5.62. The van der Waals surface area contributed by atoms with Crippen LogP contribution in [0, 0.1) is 11.3 Å². The Labute approximate surface area is 105 Å². The largest absolute Gasteiger partial charge is 0.341 e. The normalized spacial score (nSPS) is 10.3. The summed E-state index contributed by atoms with van der Waals surface area (Å²) in [5.74, 6) is -0.168. The predicted molar refractivity (Wildman–Crippen MR) is 67.4 cm³/mol. The first-order chi connectivity index (χ1) is 8.61. The Morgan fingerprint density at radius 1 is 1.56 bits per heavy atom. The van der Waals surface area contributed by atoms with Crippen molar-refractivity contribution in [2.24, 2.45) is 7.05 Å². The molecule has 0 atom stereocenters. The minimum absolute atomic E-state index is 0.0810. The number of fused-ring (bicyclic) bond motifs is 1. The number of nitriles is 1. The minimum Gasteiger partial charge on any atom is -0.341 e. The van der Waals surface area contributed by atoms with E-state index in [0.717, 1.165) is 16.6 Å². The number of carbonyl (C=O) groups excluding carboxylic acids is 1. The highest BCUT2D eigenvalue weighted by molar-refractivity contribution is 5.78. The lowest BCUT2D eigenvalue weighted by Crippen LogP contribution is -2.25. The SMILES string of the molecule is CN(Cc1ccc2c(c1)ncn2C)C(=O)CC#N. The number of imidazole rings is 1. The van der Waals surface area contributed by atoms with Gasteiger partial charge >= 0.3 is 0 Å². The lowest BCUT2D eigenvalue weighted by Gasteiger charge is -2.15. The van der Waals surface area contributed by atoms with Crippen LogP contribution in [0.2, 0.25) is 0 Å². The molecule has 5 heteroatoms. The van der Waals surface area contributed by atoms with E-state index in [1.165, 1.54) is 0 Å². The molecule has 5 nitrogen and oxygen atoms in total. The number of carbonyl (C=O) groups is 1. The van der Waals surface area contributed by atoms with Crippen LogP contribution in [-0.2, 0) is 18.4 Å². The smallest absolute Gasteiger partial charge is 0.236 e. The van der Waals surface area contributed by atoms with Crippen molar-refractivity contribution in [3.05, 3.63) is 30.1 Å². The van der Waals surface area contributed by atoms with E-state index < -0.39 is 0 Å². The monoisotopic (exact) mass is 242 g/mol. The van der Waals surface area contributed by atoms with Gasteiger partial charge in [-0.25, -0.2) is 4.98 Å². The number of benzene rings is 1. The molecular weight excluding hydrogens is 228 g/mol. The standard InChI is InChI=1S/C13H14N4O/c1-16(13(18)5-6-14)8-10-3-4-12-11(7-10)15-9-17(12)2/h3-4,7,9H,5,8H2,1-2H3. The Kier molecular flexibility index (Phi) is 3.28. The highest BCUT2D eigenvalue weighted by atomic mass is 16.2. The molecule has 1 aromatic heterocycles. The van der Waals surface area contributed by atoms with Crippen LogP contribution in [0.4, 0.5) is 0 Å². The van der Waals surface area contributed by atoms with Crippen molar-refractivity contribution in [2.45, 2.75) is 13.0 Å².